The number of allylic oxidation sites excluding steroid dienone is 1. The maximum Gasteiger partial charge on any atom is 0.143 e. The third-order valence-electron chi connectivity index (χ3n) is 4.83. The van der Waals surface area contributed by atoms with Crippen LogP contribution in [0.2, 0.25) is 0 Å². The van der Waals surface area contributed by atoms with E-state index >= 15 is 0 Å². The van der Waals surface area contributed by atoms with Gasteiger partial charge in [-0.2, -0.15) is 0 Å². The maximum absolute atomic E-state index is 12.6. The molecule has 0 amide bonds. The van der Waals surface area contributed by atoms with Gasteiger partial charge in [0.2, 0.25) is 0 Å². The standard InChI is InChI=1S/C21H22O/c1-2-15-21(16-7-6-10-20(21)22)19-13-11-18(12-14-19)17-8-4-3-5-9-17/h2-5,8-9,11-14H,1,6-7,10,15-16H2/t21-/m0/s1. The van der Waals surface area contributed by atoms with Crippen LogP contribution in [0.15, 0.2) is 67.3 Å². The number of carbonyl (C=O) groups excluding carboxylic acids is 1. The van der Waals surface area contributed by atoms with Gasteiger partial charge in [-0.1, -0.05) is 67.1 Å². The molecular weight excluding hydrogens is 268 g/mol. The van der Waals surface area contributed by atoms with Gasteiger partial charge in [-0.3, -0.25) is 4.79 Å². The van der Waals surface area contributed by atoms with Gasteiger partial charge in [-0.15, -0.1) is 6.58 Å². The van der Waals surface area contributed by atoms with E-state index in [2.05, 4.69) is 43.0 Å². The molecule has 0 aromatic heterocycles. The van der Waals surface area contributed by atoms with Crippen LogP contribution in [0.25, 0.3) is 11.1 Å². The first-order valence-electron chi connectivity index (χ1n) is 8.06. The molecule has 1 aliphatic rings. The Morgan fingerprint density at radius 1 is 0.955 bits per heavy atom. The first-order valence-corrected chi connectivity index (χ1v) is 8.06. The van der Waals surface area contributed by atoms with Gasteiger partial charge in [0.05, 0.1) is 5.41 Å². The highest BCUT2D eigenvalue weighted by Gasteiger charge is 2.40. The van der Waals surface area contributed by atoms with Crippen molar-refractivity contribution in [3.05, 3.63) is 72.8 Å². The van der Waals surface area contributed by atoms with E-state index in [4.69, 9.17) is 0 Å². The molecule has 0 radical (unpaired) electrons. The Kier molecular flexibility index (Phi) is 4.24. The predicted molar refractivity (Wildman–Crippen MR) is 91.8 cm³/mol. The van der Waals surface area contributed by atoms with Crippen LogP contribution in [0.1, 0.15) is 37.7 Å². The van der Waals surface area contributed by atoms with Gasteiger partial charge in [0.25, 0.3) is 0 Å². The molecule has 2 aromatic carbocycles. The summed E-state index contributed by atoms with van der Waals surface area (Å²) in [6, 6.07) is 18.9. The Bertz CT molecular complexity index is 654. The van der Waals surface area contributed by atoms with Crippen molar-refractivity contribution in [1.29, 1.82) is 0 Å². The minimum atomic E-state index is -0.338. The number of ketones is 1. The third-order valence-corrected chi connectivity index (χ3v) is 4.83. The van der Waals surface area contributed by atoms with Crippen molar-refractivity contribution in [2.45, 2.75) is 37.5 Å². The minimum absolute atomic E-state index is 0.338. The molecule has 112 valence electrons. The second kappa shape index (κ2) is 6.31. The second-order valence-electron chi connectivity index (χ2n) is 6.15. The fraction of sp³-hybridized carbons (Fsp3) is 0.286. The van der Waals surface area contributed by atoms with Crippen molar-refractivity contribution in [3.8, 4) is 11.1 Å². The number of benzene rings is 2. The molecule has 1 nitrogen and oxygen atoms in total. The number of hydrogen-bond donors (Lipinski definition) is 0. The molecule has 0 bridgehead atoms. The monoisotopic (exact) mass is 290 g/mol. The Balaban J connectivity index is 1.96. The van der Waals surface area contributed by atoms with E-state index in [0.29, 0.717) is 12.2 Å². The SMILES string of the molecule is C=CC[C@@]1(c2ccc(-c3ccccc3)cc2)CCCCC1=O. The second-order valence-corrected chi connectivity index (χ2v) is 6.15. The zero-order valence-electron chi connectivity index (χ0n) is 12.9. The Hall–Kier alpha value is -2.15. The minimum Gasteiger partial charge on any atom is -0.299 e. The van der Waals surface area contributed by atoms with Crippen molar-refractivity contribution in [2.75, 3.05) is 0 Å². The van der Waals surface area contributed by atoms with Gasteiger partial charge in [-0.25, -0.2) is 0 Å². The van der Waals surface area contributed by atoms with Crippen molar-refractivity contribution < 1.29 is 4.79 Å². The zero-order valence-corrected chi connectivity index (χ0v) is 12.9. The molecule has 1 aliphatic carbocycles. The van der Waals surface area contributed by atoms with Crippen molar-refractivity contribution in [3.63, 3.8) is 0 Å². The van der Waals surface area contributed by atoms with Crippen LogP contribution in [0.5, 0.6) is 0 Å². The summed E-state index contributed by atoms with van der Waals surface area (Å²) in [5.41, 5.74) is 3.22. The van der Waals surface area contributed by atoms with Crippen molar-refractivity contribution >= 4 is 5.78 Å². The van der Waals surface area contributed by atoms with E-state index in [1.807, 2.05) is 24.3 Å². The summed E-state index contributed by atoms with van der Waals surface area (Å²) in [7, 11) is 0. The lowest BCUT2D eigenvalue weighted by Crippen LogP contribution is -2.38. The smallest absolute Gasteiger partial charge is 0.143 e. The molecule has 0 unspecified atom stereocenters. The topological polar surface area (TPSA) is 17.1 Å². The number of carbonyl (C=O) groups is 1. The van der Waals surface area contributed by atoms with E-state index in [-0.39, 0.29) is 5.41 Å². The molecule has 1 heteroatoms. The summed E-state index contributed by atoms with van der Waals surface area (Å²) in [4.78, 5) is 12.6. The fourth-order valence-corrected chi connectivity index (χ4v) is 3.59. The van der Waals surface area contributed by atoms with E-state index in [9.17, 15) is 4.79 Å². The van der Waals surface area contributed by atoms with Gasteiger partial charge in [0, 0.05) is 6.42 Å². The van der Waals surface area contributed by atoms with Crippen LogP contribution < -0.4 is 0 Å². The van der Waals surface area contributed by atoms with Crippen molar-refractivity contribution in [2.24, 2.45) is 0 Å². The summed E-state index contributed by atoms with van der Waals surface area (Å²) in [6.07, 6.45) is 6.45. The van der Waals surface area contributed by atoms with Crippen LogP contribution in [-0.2, 0) is 10.2 Å². The van der Waals surface area contributed by atoms with Crippen LogP contribution >= 0.6 is 0 Å². The first kappa shape index (κ1) is 14.8. The molecule has 3 rings (SSSR count). The van der Waals surface area contributed by atoms with E-state index < -0.39 is 0 Å². The molecule has 0 heterocycles. The number of hydrogen-bond acceptors (Lipinski definition) is 1. The average Bonchev–Trinajstić information content (AvgIpc) is 2.58. The highest BCUT2D eigenvalue weighted by Crippen LogP contribution is 2.40. The lowest BCUT2D eigenvalue weighted by molar-refractivity contribution is -0.126. The Morgan fingerprint density at radius 2 is 1.64 bits per heavy atom. The molecule has 22 heavy (non-hydrogen) atoms. The van der Waals surface area contributed by atoms with Crippen LogP contribution in [0, 0.1) is 0 Å². The van der Waals surface area contributed by atoms with Crippen molar-refractivity contribution in [1.82, 2.24) is 0 Å². The zero-order chi connectivity index (χ0) is 15.4. The van der Waals surface area contributed by atoms with E-state index in [1.54, 1.807) is 0 Å². The molecule has 1 fully saturated rings. The highest BCUT2D eigenvalue weighted by molar-refractivity contribution is 5.91. The predicted octanol–water partition coefficient (Wildman–Crippen LogP) is 5.31. The molecule has 1 atom stereocenters. The maximum atomic E-state index is 12.6. The summed E-state index contributed by atoms with van der Waals surface area (Å²) in [5.74, 6) is 0.381. The van der Waals surface area contributed by atoms with Gasteiger partial charge >= 0.3 is 0 Å². The van der Waals surface area contributed by atoms with Gasteiger partial charge in [0.15, 0.2) is 0 Å². The molecule has 1 saturated carbocycles. The summed E-state index contributed by atoms with van der Waals surface area (Å²) >= 11 is 0. The largest absolute Gasteiger partial charge is 0.299 e. The number of Topliss-reactive ketones (excluding diaryl/α,β-unsaturated/α-hetero) is 1. The molecular formula is C21H22O. The molecule has 0 spiro atoms. The van der Waals surface area contributed by atoms with Gasteiger partial charge in [0.1, 0.15) is 5.78 Å². The third kappa shape index (κ3) is 2.64. The average molecular weight is 290 g/mol. The van der Waals surface area contributed by atoms with Gasteiger partial charge in [-0.05, 0) is 36.0 Å². The first-order chi connectivity index (χ1) is 10.8. The summed E-state index contributed by atoms with van der Waals surface area (Å²) in [6.45, 7) is 3.87. The van der Waals surface area contributed by atoms with Crippen LogP contribution in [-0.4, -0.2) is 5.78 Å². The summed E-state index contributed by atoms with van der Waals surface area (Å²) < 4.78 is 0. The Labute approximate surface area is 132 Å². The number of rotatable bonds is 4. The molecule has 0 N–H and O–H groups in total. The van der Waals surface area contributed by atoms with Gasteiger partial charge < -0.3 is 0 Å². The Morgan fingerprint density at radius 3 is 2.27 bits per heavy atom. The fourth-order valence-electron chi connectivity index (χ4n) is 3.59. The highest BCUT2D eigenvalue weighted by atomic mass is 16.1. The molecule has 2 aromatic rings. The molecule has 0 saturated heterocycles. The van der Waals surface area contributed by atoms with E-state index in [0.717, 1.165) is 31.2 Å². The van der Waals surface area contributed by atoms with E-state index in [1.165, 1.54) is 11.1 Å². The van der Waals surface area contributed by atoms with Crippen LogP contribution in [0.4, 0.5) is 0 Å². The normalized spacial score (nSPS) is 21.5. The quantitative estimate of drug-likeness (QED) is 0.697. The van der Waals surface area contributed by atoms with Crippen LogP contribution in [0.3, 0.4) is 0 Å². The summed E-state index contributed by atoms with van der Waals surface area (Å²) in [5, 5.41) is 0. The molecule has 0 aliphatic heterocycles. The lowest BCUT2D eigenvalue weighted by atomic mass is 9.66. The lowest BCUT2D eigenvalue weighted by Gasteiger charge is -2.35.